The molecule has 3 rings (SSSR count). The third kappa shape index (κ3) is 3.93. The third-order valence-corrected chi connectivity index (χ3v) is 5.85. The van der Waals surface area contributed by atoms with Gasteiger partial charge in [0.05, 0.1) is 22.9 Å². The lowest BCUT2D eigenvalue weighted by Gasteiger charge is -2.30. The molecule has 0 bridgehead atoms. The van der Waals surface area contributed by atoms with Crippen molar-refractivity contribution in [1.29, 1.82) is 0 Å². The van der Waals surface area contributed by atoms with E-state index in [1.165, 1.54) is 18.3 Å². The van der Waals surface area contributed by atoms with E-state index in [4.69, 9.17) is 4.74 Å². The molecule has 0 spiro atoms. The Labute approximate surface area is 152 Å². The van der Waals surface area contributed by atoms with Crippen molar-refractivity contribution >= 4 is 23.0 Å². The molecule has 1 atom stereocenters. The molecule has 0 saturated carbocycles. The second-order valence-electron chi connectivity index (χ2n) is 6.36. The molecule has 0 aliphatic carbocycles. The van der Waals surface area contributed by atoms with Crippen LogP contribution in [0.3, 0.4) is 0 Å². The molecule has 2 aromatic rings. The van der Waals surface area contributed by atoms with Crippen molar-refractivity contribution in [2.45, 2.75) is 38.6 Å². The Hall–Kier alpha value is -2.14. The summed E-state index contributed by atoms with van der Waals surface area (Å²) in [4.78, 5) is 27.9. The van der Waals surface area contributed by atoms with Crippen LogP contribution in [0, 0.1) is 0 Å². The van der Waals surface area contributed by atoms with Gasteiger partial charge in [-0.2, -0.15) is 0 Å². The molecule has 0 N–H and O–H groups in total. The van der Waals surface area contributed by atoms with Crippen molar-refractivity contribution in [3.8, 4) is 5.75 Å². The van der Waals surface area contributed by atoms with Crippen LogP contribution in [-0.2, 0) is 0 Å². The maximum Gasteiger partial charge on any atom is 0.264 e. The van der Waals surface area contributed by atoms with Gasteiger partial charge in [-0.25, -0.2) is 0 Å². The normalized spacial score (nSPS) is 17.8. The van der Waals surface area contributed by atoms with Crippen LogP contribution in [0.15, 0.2) is 36.4 Å². The average Bonchev–Trinajstić information content (AvgIpc) is 3.00. The summed E-state index contributed by atoms with van der Waals surface area (Å²) in [6, 6.07) is 11.6. The van der Waals surface area contributed by atoms with Gasteiger partial charge in [0.2, 0.25) is 0 Å². The van der Waals surface area contributed by atoms with Crippen molar-refractivity contribution in [3.05, 3.63) is 51.7 Å². The average molecular weight is 357 g/mol. The van der Waals surface area contributed by atoms with Gasteiger partial charge >= 0.3 is 0 Å². The molecule has 5 heteroatoms. The Morgan fingerprint density at radius 3 is 2.40 bits per heavy atom. The molecule has 1 saturated heterocycles. The Kier molecular flexibility index (Phi) is 5.53. The Balaban J connectivity index is 1.88. The highest BCUT2D eigenvalue weighted by Gasteiger charge is 2.28. The number of benzene rings is 1. The number of carbonyl (C=O) groups is 2. The van der Waals surface area contributed by atoms with Gasteiger partial charge in [-0.15, -0.1) is 11.3 Å². The fourth-order valence-corrected chi connectivity index (χ4v) is 4.16. The van der Waals surface area contributed by atoms with Crippen LogP contribution < -0.4 is 4.74 Å². The number of Topliss-reactive ketones (excluding diaryl/α,β-unsaturated/α-hetero) is 1. The van der Waals surface area contributed by atoms with Crippen molar-refractivity contribution in [2.75, 3.05) is 13.7 Å². The number of ketones is 1. The highest BCUT2D eigenvalue weighted by molar-refractivity contribution is 7.15. The molecule has 25 heavy (non-hydrogen) atoms. The fourth-order valence-electron chi connectivity index (χ4n) is 3.31. The molecule has 0 radical (unpaired) electrons. The Morgan fingerprint density at radius 2 is 1.76 bits per heavy atom. The molecule has 1 amide bonds. The fraction of sp³-hybridized carbons (Fsp3) is 0.400. The molecule has 0 unspecified atom stereocenters. The second kappa shape index (κ2) is 7.83. The molecular formula is C20H23NO3S. The zero-order chi connectivity index (χ0) is 17.8. The highest BCUT2D eigenvalue weighted by Crippen LogP contribution is 2.33. The smallest absolute Gasteiger partial charge is 0.264 e. The highest BCUT2D eigenvalue weighted by atomic mass is 32.1. The molecular weight excluding hydrogens is 334 g/mol. The Bertz CT molecular complexity index is 751. The number of likely N-dealkylation sites (tertiary alicyclic amines) is 1. The number of carbonyl (C=O) groups excluding carboxylic acids is 2. The lowest BCUT2D eigenvalue weighted by molar-refractivity contribution is 0.0686. The van der Waals surface area contributed by atoms with Crippen molar-refractivity contribution in [1.82, 2.24) is 4.90 Å². The number of nitrogens with zero attached hydrogens (tertiary/aromatic N) is 1. The molecule has 1 aliphatic heterocycles. The van der Waals surface area contributed by atoms with Gasteiger partial charge in [-0.05, 0) is 49.6 Å². The third-order valence-electron chi connectivity index (χ3n) is 4.68. The molecule has 1 aromatic carbocycles. The first kappa shape index (κ1) is 17.7. The van der Waals surface area contributed by atoms with Crippen LogP contribution in [-0.4, -0.2) is 30.2 Å². The minimum atomic E-state index is 0.00613. The predicted octanol–water partition coefficient (Wildman–Crippen LogP) is 4.72. The van der Waals surface area contributed by atoms with Gasteiger partial charge in [-0.3, -0.25) is 9.59 Å². The van der Waals surface area contributed by atoms with E-state index < -0.39 is 0 Å². The SMILES string of the molecule is COc1ccc([C@@H]2CCCCCN2C(=O)c2ccc(C(C)=O)s2)cc1. The lowest BCUT2D eigenvalue weighted by Crippen LogP contribution is -2.34. The van der Waals surface area contributed by atoms with Crippen LogP contribution in [0.4, 0.5) is 0 Å². The summed E-state index contributed by atoms with van der Waals surface area (Å²) in [5.41, 5.74) is 1.14. The molecule has 1 aliphatic rings. The van der Waals surface area contributed by atoms with E-state index in [-0.39, 0.29) is 17.7 Å². The predicted molar refractivity (Wildman–Crippen MR) is 99.6 cm³/mol. The van der Waals surface area contributed by atoms with Crippen molar-refractivity contribution < 1.29 is 14.3 Å². The van der Waals surface area contributed by atoms with E-state index in [1.54, 1.807) is 19.2 Å². The zero-order valence-corrected chi connectivity index (χ0v) is 15.5. The first-order valence-corrected chi connectivity index (χ1v) is 9.47. The number of thiophene rings is 1. The quantitative estimate of drug-likeness (QED) is 0.744. The van der Waals surface area contributed by atoms with Gasteiger partial charge in [0.15, 0.2) is 5.78 Å². The monoisotopic (exact) mass is 357 g/mol. The minimum Gasteiger partial charge on any atom is -0.497 e. The first-order chi connectivity index (χ1) is 12.1. The first-order valence-electron chi connectivity index (χ1n) is 8.66. The molecule has 1 aromatic heterocycles. The maximum absolute atomic E-state index is 13.1. The van der Waals surface area contributed by atoms with Gasteiger partial charge in [0.1, 0.15) is 5.75 Å². The van der Waals surface area contributed by atoms with Gasteiger partial charge in [0.25, 0.3) is 5.91 Å². The summed E-state index contributed by atoms with van der Waals surface area (Å²) in [6.45, 7) is 2.29. The summed E-state index contributed by atoms with van der Waals surface area (Å²) in [5, 5.41) is 0. The topological polar surface area (TPSA) is 46.6 Å². The summed E-state index contributed by atoms with van der Waals surface area (Å²) in [7, 11) is 1.65. The number of hydrogen-bond acceptors (Lipinski definition) is 4. The van der Waals surface area contributed by atoms with Crippen LogP contribution in [0.5, 0.6) is 5.75 Å². The van der Waals surface area contributed by atoms with E-state index in [2.05, 4.69) is 0 Å². The summed E-state index contributed by atoms with van der Waals surface area (Å²) >= 11 is 1.29. The van der Waals surface area contributed by atoms with E-state index in [0.717, 1.165) is 43.5 Å². The van der Waals surface area contributed by atoms with E-state index >= 15 is 0 Å². The Morgan fingerprint density at radius 1 is 1.04 bits per heavy atom. The number of ether oxygens (including phenoxy) is 1. The van der Waals surface area contributed by atoms with Crippen LogP contribution >= 0.6 is 11.3 Å². The summed E-state index contributed by atoms with van der Waals surface area (Å²) in [6.07, 6.45) is 4.23. The molecule has 2 heterocycles. The van der Waals surface area contributed by atoms with Gasteiger partial charge in [-0.1, -0.05) is 25.0 Å². The zero-order valence-electron chi connectivity index (χ0n) is 14.7. The van der Waals surface area contributed by atoms with E-state index in [0.29, 0.717) is 9.75 Å². The van der Waals surface area contributed by atoms with E-state index in [9.17, 15) is 9.59 Å². The lowest BCUT2D eigenvalue weighted by atomic mass is 10.0. The van der Waals surface area contributed by atoms with Crippen LogP contribution in [0.25, 0.3) is 0 Å². The van der Waals surface area contributed by atoms with Crippen LogP contribution in [0.1, 0.15) is 63.6 Å². The number of rotatable bonds is 4. The largest absolute Gasteiger partial charge is 0.497 e. The maximum atomic E-state index is 13.1. The van der Waals surface area contributed by atoms with Gasteiger partial charge in [0, 0.05) is 6.54 Å². The molecule has 132 valence electrons. The van der Waals surface area contributed by atoms with Gasteiger partial charge < -0.3 is 9.64 Å². The number of methoxy groups -OCH3 is 1. The van der Waals surface area contributed by atoms with Crippen molar-refractivity contribution in [2.24, 2.45) is 0 Å². The van der Waals surface area contributed by atoms with Crippen molar-refractivity contribution in [3.63, 3.8) is 0 Å². The number of amides is 1. The van der Waals surface area contributed by atoms with Crippen LogP contribution in [0.2, 0.25) is 0 Å². The molecule has 1 fully saturated rings. The summed E-state index contributed by atoms with van der Waals surface area (Å²) in [5.74, 6) is 0.853. The standard InChI is InChI=1S/C20H23NO3S/c1-14(22)18-11-12-19(25-18)20(23)21-13-5-3-4-6-17(21)15-7-9-16(24-2)10-8-15/h7-12,17H,3-6,13H2,1-2H3/t17-/m0/s1. The van der Waals surface area contributed by atoms with E-state index in [1.807, 2.05) is 29.2 Å². The summed E-state index contributed by atoms with van der Waals surface area (Å²) < 4.78 is 5.24. The number of hydrogen-bond donors (Lipinski definition) is 0. The second-order valence-corrected chi connectivity index (χ2v) is 7.44. The molecule has 4 nitrogen and oxygen atoms in total. The minimum absolute atomic E-state index is 0.00613.